The lowest BCUT2D eigenvalue weighted by atomic mass is 10.0. The van der Waals surface area contributed by atoms with Crippen LogP contribution in [0.4, 0.5) is 0 Å². The first-order chi connectivity index (χ1) is 9.56. The van der Waals surface area contributed by atoms with Crippen LogP contribution in [0.5, 0.6) is 0 Å². The molecule has 1 atom stereocenters. The van der Waals surface area contributed by atoms with Crippen molar-refractivity contribution in [3.63, 3.8) is 0 Å². The summed E-state index contributed by atoms with van der Waals surface area (Å²) < 4.78 is 10.5. The lowest BCUT2D eigenvalue weighted by Crippen LogP contribution is -2.47. The van der Waals surface area contributed by atoms with E-state index in [1.165, 1.54) is 5.56 Å². The molecule has 1 aromatic rings. The first kappa shape index (κ1) is 16.7. The van der Waals surface area contributed by atoms with E-state index < -0.39 is 5.54 Å². The zero-order valence-electron chi connectivity index (χ0n) is 12.4. The second-order valence-electron chi connectivity index (χ2n) is 5.09. The molecule has 0 heterocycles. The molecule has 0 spiro atoms. The van der Waals surface area contributed by atoms with Crippen LogP contribution in [0, 0.1) is 0 Å². The van der Waals surface area contributed by atoms with E-state index in [2.05, 4.69) is 12.1 Å². The van der Waals surface area contributed by atoms with Crippen molar-refractivity contribution in [1.82, 2.24) is 0 Å². The van der Waals surface area contributed by atoms with Gasteiger partial charge in [0.15, 0.2) is 0 Å². The predicted octanol–water partition coefficient (Wildman–Crippen LogP) is 2.31. The van der Waals surface area contributed by atoms with Gasteiger partial charge in [-0.25, -0.2) is 0 Å². The molecule has 20 heavy (non-hydrogen) atoms. The van der Waals surface area contributed by atoms with Crippen LogP contribution in [0.15, 0.2) is 30.3 Å². The van der Waals surface area contributed by atoms with Crippen molar-refractivity contribution in [2.75, 3.05) is 19.8 Å². The highest BCUT2D eigenvalue weighted by atomic mass is 16.5. The molecule has 0 aliphatic heterocycles. The Kier molecular flexibility index (Phi) is 7.26. The number of carbonyl (C=O) groups excluding carboxylic acids is 1. The summed E-state index contributed by atoms with van der Waals surface area (Å²) in [5, 5.41) is 0. The van der Waals surface area contributed by atoms with Crippen molar-refractivity contribution < 1.29 is 14.3 Å². The number of carbonyl (C=O) groups is 1. The number of hydrogen-bond acceptors (Lipinski definition) is 4. The quantitative estimate of drug-likeness (QED) is 0.556. The zero-order valence-corrected chi connectivity index (χ0v) is 12.4. The summed E-state index contributed by atoms with van der Waals surface area (Å²) in [7, 11) is 0. The van der Waals surface area contributed by atoms with Gasteiger partial charge in [-0.15, -0.1) is 0 Å². The molecule has 4 nitrogen and oxygen atoms in total. The lowest BCUT2D eigenvalue weighted by Gasteiger charge is -2.21. The van der Waals surface area contributed by atoms with Gasteiger partial charge in [0.2, 0.25) is 0 Å². The zero-order chi connectivity index (χ0) is 14.8. The van der Waals surface area contributed by atoms with E-state index in [0.29, 0.717) is 26.2 Å². The normalized spacial score (nSPS) is 13.8. The van der Waals surface area contributed by atoms with Gasteiger partial charge in [-0.2, -0.15) is 0 Å². The van der Waals surface area contributed by atoms with Crippen LogP contribution in [-0.2, 0) is 20.7 Å². The monoisotopic (exact) mass is 279 g/mol. The fourth-order valence-electron chi connectivity index (χ4n) is 1.81. The third kappa shape index (κ3) is 6.17. The molecule has 0 bridgehead atoms. The van der Waals surface area contributed by atoms with Crippen LogP contribution in [0.3, 0.4) is 0 Å². The Morgan fingerprint density at radius 1 is 1.25 bits per heavy atom. The van der Waals surface area contributed by atoms with E-state index in [1.807, 2.05) is 18.2 Å². The number of hydrogen-bond donors (Lipinski definition) is 1. The van der Waals surface area contributed by atoms with Crippen LogP contribution in [0.25, 0.3) is 0 Å². The molecule has 112 valence electrons. The van der Waals surface area contributed by atoms with Gasteiger partial charge in [-0.1, -0.05) is 30.3 Å². The number of rotatable bonds is 9. The standard InChI is InChI=1S/C16H25NO3/c1-3-20-15(18)16(2,17)11-13-19-12-7-10-14-8-5-4-6-9-14/h4-6,8-9H,3,7,10-13,17H2,1-2H3. The second kappa shape index (κ2) is 8.72. The topological polar surface area (TPSA) is 61.5 Å². The van der Waals surface area contributed by atoms with Crippen LogP contribution in [-0.4, -0.2) is 31.3 Å². The molecule has 0 saturated carbocycles. The molecule has 0 aliphatic rings. The lowest BCUT2D eigenvalue weighted by molar-refractivity contribution is -0.149. The minimum Gasteiger partial charge on any atom is -0.465 e. The van der Waals surface area contributed by atoms with Gasteiger partial charge in [0.05, 0.1) is 6.61 Å². The molecule has 1 aromatic carbocycles. The molecule has 0 aliphatic carbocycles. The molecule has 2 N–H and O–H groups in total. The summed E-state index contributed by atoms with van der Waals surface area (Å²) in [5.74, 6) is -0.368. The molecular weight excluding hydrogens is 254 g/mol. The van der Waals surface area contributed by atoms with Crippen LogP contribution < -0.4 is 5.73 Å². The molecule has 0 aromatic heterocycles. The Balaban J connectivity index is 2.11. The third-order valence-corrected chi connectivity index (χ3v) is 3.10. The van der Waals surface area contributed by atoms with Gasteiger partial charge in [-0.05, 0) is 38.7 Å². The van der Waals surface area contributed by atoms with Crippen molar-refractivity contribution >= 4 is 5.97 Å². The summed E-state index contributed by atoms with van der Waals surface area (Å²) in [4.78, 5) is 11.6. The Morgan fingerprint density at radius 3 is 2.60 bits per heavy atom. The minimum atomic E-state index is -0.963. The first-order valence-corrected chi connectivity index (χ1v) is 7.14. The van der Waals surface area contributed by atoms with E-state index >= 15 is 0 Å². The number of aryl methyl sites for hydroxylation is 1. The molecule has 0 radical (unpaired) electrons. The molecule has 0 fully saturated rings. The van der Waals surface area contributed by atoms with Gasteiger partial charge < -0.3 is 15.2 Å². The predicted molar refractivity (Wildman–Crippen MR) is 79.4 cm³/mol. The van der Waals surface area contributed by atoms with E-state index in [4.69, 9.17) is 15.2 Å². The van der Waals surface area contributed by atoms with Gasteiger partial charge in [0.1, 0.15) is 5.54 Å². The van der Waals surface area contributed by atoms with Crippen molar-refractivity contribution in [3.05, 3.63) is 35.9 Å². The third-order valence-electron chi connectivity index (χ3n) is 3.10. The largest absolute Gasteiger partial charge is 0.465 e. The molecule has 0 saturated heterocycles. The highest BCUT2D eigenvalue weighted by molar-refractivity contribution is 5.79. The van der Waals surface area contributed by atoms with Crippen molar-refractivity contribution in [1.29, 1.82) is 0 Å². The van der Waals surface area contributed by atoms with Crippen LogP contribution in [0.2, 0.25) is 0 Å². The van der Waals surface area contributed by atoms with Crippen LogP contribution >= 0.6 is 0 Å². The van der Waals surface area contributed by atoms with E-state index in [1.54, 1.807) is 13.8 Å². The highest BCUT2D eigenvalue weighted by Gasteiger charge is 2.29. The molecule has 1 rings (SSSR count). The molecule has 4 heteroatoms. The minimum absolute atomic E-state index is 0.351. The average molecular weight is 279 g/mol. The molecule has 1 unspecified atom stereocenters. The summed E-state index contributed by atoms with van der Waals surface area (Å²) in [6.45, 7) is 4.95. The maximum Gasteiger partial charge on any atom is 0.325 e. The average Bonchev–Trinajstić information content (AvgIpc) is 2.44. The van der Waals surface area contributed by atoms with E-state index in [0.717, 1.165) is 12.8 Å². The Hall–Kier alpha value is -1.39. The van der Waals surface area contributed by atoms with E-state index in [9.17, 15) is 4.79 Å². The Labute approximate surface area is 121 Å². The first-order valence-electron chi connectivity index (χ1n) is 7.14. The van der Waals surface area contributed by atoms with Crippen molar-refractivity contribution in [2.45, 2.75) is 38.6 Å². The fourth-order valence-corrected chi connectivity index (χ4v) is 1.81. The summed E-state index contributed by atoms with van der Waals surface area (Å²) in [6, 6.07) is 10.3. The number of ether oxygens (including phenoxy) is 2. The Bertz CT molecular complexity index is 390. The second-order valence-corrected chi connectivity index (χ2v) is 5.09. The number of nitrogens with two attached hydrogens (primary N) is 1. The Morgan fingerprint density at radius 2 is 1.95 bits per heavy atom. The number of esters is 1. The highest BCUT2D eigenvalue weighted by Crippen LogP contribution is 2.09. The maximum absolute atomic E-state index is 11.6. The molecule has 0 amide bonds. The summed E-state index contributed by atoms with van der Waals surface area (Å²) >= 11 is 0. The fraction of sp³-hybridized carbons (Fsp3) is 0.562. The van der Waals surface area contributed by atoms with Crippen molar-refractivity contribution in [2.24, 2.45) is 5.73 Å². The smallest absolute Gasteiger partial charge is 0.325 e. The maximum atomic E-state index is 11.6. The molecular formula is C16H25NO3. The summed E-state index contributed by atoms with van der Waals surface area (Å²) in [6.07, 6.45) is 2.43. The van der Waals surface area contributed by atoms with Gasteiger partial charge in [0, 0.05) is 13.2 Å². The van der Waals surface area contributed by atoms with Crippen LogP contribution in [0.1, 0.15) is 32.3 Å². The van der Waals surface area contributed by atoms with Gasteiger partial charge in [0.25, 0.3) is 0 Å². The van der Waals surface area contributed by atoms with E-state index in [-0.39, 0.29) is 5.97 Å². The summed E-state index contributed by atoms with van der Waals surface area (Å²) in [5.41, 5.74) is 6.25. The van der Waals surface area contributed by atoms with Gasteiger partial charge >= 0.3 is 5.97 Å². The van der Waals surface area contributed by atoms with Crippen molar-refractivity contribution in [3.8, 4) is 0 Å². The SMILES string of the molecule is CCOC(=O)C(C)(N)CCOCCCc1ccccc1. The number of benzene rings is 1. The van der Waals surface area contributed by atoms with Gasteiger partial charge in [-0.3, -0.25) is 4.79 Å².